The Bertz CT molecular complexity index is 956. The Morgan fingerprint density at radius 3 is 2.37 bits per heavy atom. The molecule has 0 aliphatic carbocycles. The Morgan fingerprint density at radius 2 is 1.70 bits per heavy atom. The number of hydrogen-bond acceptors (Lipinski definition) is 3. The quantitative estimate of drug-likeness (QED) is 0.728. The Morgan fingerprint density at radius 1 is 1.04 bits per heavy atom. The first-order valence-electron chi connectivity index (χ1n) is 9.14. The fourth-order valence-corrected chi connectivity index (χ4v) is 3.13. The average molecular weight is 364 g/mol. The first-order chi connectivity index (χ1) is 13.0. The van der Waals surface area contributed by atoms with E-state index in [1.165, 1.54) is 0 Å². The number of carbonyl (C=O) groups is 2. The zero-order valence-electron chi connectivity index (χ0n) is 15.9. The molecule has 2 aromatic carbocycles. The molecule has 0 saturated carbocycles. The standard InChI is InChI=1S/C21H24N4O2/c1-4-24(5-2)21(27)16-10-12-17(13-11-16)23-20(26)14-25-15(3)22-18-8-6-7-9-19(18)25/h6-13H,4-5,14H2,1-3H3,(H,23,26). The lowest BCUT2D eigenvalue weighted by Gasteiger charge is -2.18. The predicted octanol–water partition coefficient (Wildman–Crippen LogP) is 3.47. The lowest BCUT2D eigenvalue weighted by Crippen LogP contribution is -2.30. The largest absolute Gasteiger partial charge is 0.339 e. The van der Waals surface area contributed by atoms with Gasteiger partial charge in [-0.3, -0.25) is 9.59 Å². The third-order valence-corrected chi connectivity index (χ3v) is 4.61. The van der Waals surface area contributed by atoms with Crippen molar-refractivity contribution < 1.29 is 9.59 Å². The second kappa shape index (κ2) is 8.03. The van der Waals surface area contributed by atoms with Crippen molar-refractivity contribution in [1.82, 2.24) is 14.5 Å². The highest BCUT2D eigenvalue weighted by atomic mass is 16.2. The van der Waals surface area contributed by atoms with Gasteiger partial charge < -0.3 is 14.8 Å². The van der Waals surface area contributed by atoms with Gasteiger partial charge in [0.15, 0.2) is 0 Å². The molecule has 6 heteroatoms. The monoisotopic (exact) mass is 364 g/mol. The Kier molecular flexibility index (Phi) is 5.54. The summed E-state index contributed by atoms with van der Waals surface area (Å²) in [5, 5.41) is 2.88. The molecule has 0 bridgehead atoms. The van der Waals surface area contributed by atoms with E-state index in [9.17, 15) is 9.59 Å². The maximum Gasteiger partial charge on any atom is 0.253 e. The van der Waals surface area contributed by atoms with Crippen LogP contribution < -0.4 is 5.32 Å². The SMILES string of the molecule is CCN(CC)C(=O)c1ccc(NC(=O)Cn2c(C)nc3ccccc32)cc1. The molecule has 3 rings (SSSR count). The summed E-state index contributed by atoms with van der Waals surface area (Å²) < 4.78 is 1.89. The molecule has 140 valence electrons. The molecule has 0 radical (unpaired) electrons. The zero-order chi connectivity index (χ0) is 19.4. The van der Waals surface area contributed by atoms with Gasteiger partial charge in [-0.2, -0.15) is 0 Å². The Labute approximate surface area is 158 Å². The van der Waals surface area contributed by atoms with Gasteiger partial charge in [0.2, 0.25) is 5.91 Å². The molecular weight excluding hydrogens is 340 g/mol. The van der Waals surface area contributed by atoms with Crippen molar-refractivity contribution >= 4 is 28.5 Å². The number of aryl methyl sites for hydroxylation is 1. The molecule has 6 nitrogen and oxygen atoms in total. The summed E-state index contributed by atoms with van der Waals surface area (Å²) in [5.74, 6) is 0.661. The molecule has 0 saturated heterocycles. The third-order valence-electron chi connectivity index (χ3n) is 4.61. The fourth-order valence-electron chi connectivity index (χ4n) is 3.13. The van der Waals surface area contributed by atoms with Crippen LogP contribution in [0.15, 0.2) is 48.5 Å². The summed E-state index contributed by atoms with van der Waals surface area (Å²) in [5.41, 5.74) is 3.10. The van der Waals surface area contributed by atoms with E-state index < -0.39 is 0 Å². The van der Waals surface area contributed by atoms with Crippen LogP contribution in [0.5, 0.6) is 0 Å². The number of nitrogens with one attached hydrogen (secondary N) is 1. The highest BCUT2D eigenvalue weighted by Gasteiger charge is 2.13. The first-order valence-corrected chi connectivity index (χ1v) is 9.14. The number of hydrogen-bond donors (Lipinski definition) is 1. The number of rotatable bonds is 6. The normalized spacial score (nSPS) is 10.8. The molecule has 1 aromatic heterocycles. The number of anilines is 1. The van der Waals surface area contributed by atoms with E-state index >= 15 is 0 Å². The highest BCUT2D eigenvalue weighted by molar-refractivity contribution is 5.96. The van der Waals surface area contributed by atoms with Crippen LogP contribution in [0.2, 0.25) is 0 Å². The second-order valence-corrected chi connectivity index (χ2v) is 6.34. The first kappa shape index (κ1) is 18.6. The minimum Gasteiger partial charge on any atom is -0.339 e. The molecule has 2 amide bonds. The van der Waals surface area contributed by atoms with E-state index in [4.69, 9.17) is 0 Å². The van der Waals surface area contributed by atoms with E-state index in [0.717, 1.165) is 16.9 Å². The molecule has 0 atom stereocenters. The zero-order valence-corrected chi connectivity index (χ0v) is 15.9. The minimum atomic E-state index is -0.135. The van der Waals surface area contributed by atoms with Gasteiger partial charge in [-0.1, -0.05) is 12.1 Å². The van der Waals surface area contributed by atoms with Crippen LogP contribution in [-0.4, -0.2) is 39.4 Å². The van der Waals surface area contributed by atoms with Crippen molar-refractivity contribution in [3.05, 3.63) is 59.9 Å². The maximum atomic E-state index is 12.5. The van der Waals surface area contributed by atoms with Crippen molar-refractivity contribution in [2.24, 2.45) is 0 Å². The van der Waals surface area contributed by atoms with Crippen LogP contribution in [0.3, 0.4) is 0 Å². The molecule has 0 unspecified atom stereocenters. The second-order valence-electron chi connectivity index (χ2n) is 6.34. The van der Waals surface area contributed by atoms with Crippen LogP contribution in [0.25, 0.3) is 11.0 Å². The molecule has 1 heterocycles. The molecule has 0 aliphatic rings. The van der Waals surface area contributed by atoms with Gasteiger partial charge in [0.25, 0.3) is 5.91 Å². The summed E-state index contributed by atoms with van der Waals surface area (Å²) >= 11 is 0. The molecule has 0 fully saturated rings. The van der Waals surface area contributed by atoms with Gasteiger partial charge in [-0.15, -0.1) is 0 Å². The van der Waals surface area contributed by atoms with Crippen molar-refractivity contribution in [2.75, 3.05) is 18.4 Å². The predicted molar refractivity (Wildman–Crippen MR) is 107 cm³/mol. The lowest BCUT2D eigenvalue weighted by atomic mass is 10.1. The third kappa shape index (κ3) is 4.00. The van der Waals surface area contributed by atoms with Gasteiger partial charge in [0.1, 0.15) is 12.4 Å². The summed E-state index contributed by atoms with van der Waals surface area (Å²) in [6.45, 7) is 7.33. The van der Waals surface area contributed by atoms with Gasteiger partial charge in [-0.05, 0) is 57.2 Å². The highest BCUT2D eigenvalue weighted by Crippen LogP contribution is 2.16. The number of amides is 2. The van der Waals surface area contributed by atoms with Gasteiger partial charge in [0, 0.05) is 24.3 Å². The molecule has 1 N–H and O–H groups in total. The summed E-state index contributed by atoms with van der Waals surface area (Å²) in [7, 11) is 0. The van der Waals surface area contributed by atoms with Crippen molar-refractivity contribution in [2.45, 2.75) is 27.3 Å². The van der Waals surface area contributed by atoms with Crippen LogP contribution in [0, 0.1) is 6.92 Å². The number of aromatic nitrogens is 2. The fraction of sp³-hybridized carbons (Fsp3) is 0.286. The Hall–Kier alpha value is -3.15. The van der Waals surface area contributed by atoms with Crippen LogP contribution in [0.1, 0.15) is 30.0 Å². The van der Waals surface area contributed by atoms with E-state index in [-0.39, 0.29) is 18.4 Å². The summed E-state index contributed by atoms with van der Waals surface area (Å²) in [6.07, 6.45) is 0. The molecule has 0 aliphatic heterocycles. The Balaban J connectivity index is 1.69. The smallest absolute Gasteiger partial charge is 0.253 e. The minimum absolute atomic E-state index is 0.00149. The van der Waals surface area contributed by atoms with Gasteiger partial charge in [0.05, 0.1) is 11.0 Å². The van der Waals surface area contributed by atoms with Crippen LogP contribution in [0.4, 0.5) is 5.69 Å². The van der Waals surface area contributed by atoms with Crippen molar-refractivity contribution in [3.8, 4) is 0 Å². The summed E-state index contributed by atoms with van der Waals surface area (Å²) in [4.78, 5) is 31.0. The number of nitrogens with zero attached hydrogens (tertiary/aromatic N) is 3. The van der Waals surface area contributed by atoms with Crippen LogP contribution in [-0.2, 0) is 11.3 Å². The average Bonchev–Trinajstić information content (AvgIpc) is 2.98. The van der Waals surface area contributed by atoms with E-state index in [1.807, 2.05) is 49.6 Å². The summed E-state index contributed by atoms with van der Waals surface area (Å²) in [6, 6.07) is 14.8. The van der Waals surface area contributed by atoms with E-state index in [1.54, 1.807) is 29.2 Å². The number of imidazole rings is 1. The number of fused-ring (bicyclic) bond motifs is 1. The van der Waals surface area contributed by atoms with E-state index in [0.29, 0.717) is 24.3 Å². The number of benzene rings is 2. The molecule has 27 heavy (non-hydrogen) atoms. The molecule has 0 spiro atoms. The molecule has 3 aromatic rings. The lowest BCUT2D eigenvalue weighted by molar-refractivity contribution is -0.116. The maximum absolute atomic E-state index is 12.5. The van der Waals surface area contributed by atoms with Crippen LogP contribution >= 0.6 is 0 Å². The van der Waals surface area contributed by atoms with Crippen molar-refractivity contribution in [3.63, 3.8) is 0 Å². The number of para-hydroxylation sites is 2. The van der Waals surface area contributed by atoms with Crippen molar-refractivity contribution in [1.29, 1.82) is 0 Å². The topological polar surface area (TPSA) is 67.2 Å². The number of carbonyl (C=O) groups excluding carboxylic acids is 2. The van der Waals surface area contributed by atoms with Gasteiger partial charge >= 0.3 is 0 Å². The van der Waals surface area contributed by atoms with E-state index in [2.05, 4.69) is 10.3 Å². The van der Waals surface area contributed by atoms with Gasteiger partial charge in [-0.25, -0.2) is 4.98 Å². The molecular formula is C21H24N4O2.